The fourth-order valence-corrected chi connectivity index (χ4v) is 2.26. The molecule has 0 aliphatic rings. The summed E-state index contributed by atoms with van der Waals surface area (Å²) in [5.41, 5.74) is 1.58. The van der Waals surface area contributed by atoms with E-state index < -0.39 is 0 Å². The summed E-state index contributed by atoms with van der Waals surface area (Å²) in [4.78, 5) is 11.9. The van der Waals surface area contributed by atoms with Gasteiger partial charge in [-0.15, -0.1) is 0 Å². The SMILES string of the molecule is COc1ccc(OC)c(NC(=O)/C=C/c2ccsc2)c1. The first kappa shape index (κ1) is 14.1. The van der Waals surface area contributed by atoms with Crippen molar-refractivity contribution in [1.29, 1.82) is 0 Å². The molecule has 0 atom stereocenters. The largest absolute Gasteiger partial charge is 0.497 e. The molecule has 0 saturated heterocycles. The fourth-order valence-electron chi connectivity index (χ4n) is 1.63. The Morgan fingerprint density at radius 3 is 2.75 bits per heavy atom. The molecule has 0 bridgehead atoms. The summed E-state index contributed by atoms with van der Waals surface area (Å²) in [5, 5.41) is 6.70. The second kappa shape index (κ2) is 6.77. The Balaban J connectivity index is 2.10. The van der Waals surface area contributed by atoms with Gasteiger partial charge in [0.15, 0.2) is 0 Å². The fraction of sp³-hybridized carbons (Fsp3) is 0.133. The summed E-state index contributed by atoms with van der Waals surface area (Å²) < 4.78 is 10.3. The van der Waals surface area contributed by atoms with Crippen LogP contribution in [0, 0.1) is 0 Å². The molecular weight excluding hydrogens is 274 g/mol. The Morgan fingerprint density at radius 2 is 2.10 bits per heavy atom. The predicted molar refractivity (Wildman–Crippen MR) is 81.5 cm³/mol. The highest BCUT2D eigenvalue weighted by Crippen LogP contribution is 2.28. The highest BCUT2D eigenvalue weighted by molar-refractivity contribution is 7.08. The number of carbonyl (C=O) groups excluding carboxylic acids is 1. The summed E-state index contributed by atoms with van der Waals surface area (Å²) in [6.45, 7) is 0. The Hall–Kier alpha value is -2.27. The monoisotopic (exact) mass is 289 g/mol. The number of benzene rings is 1. The van der Waals surface area contributed by atoms with Crippen LogP contribution in [0.4, 0.5) is 5.69 Å². The van der Waals surface area contributed by atoms with Gasteiger partial charge in [-0.2, -0.15) is 11.3 Å². The summed E-state index contributed by atoms with van der Waals surface area (Å²) >= 11 is 1.59. The van der Waals surface area contributed by atoms with Gasteiger partial charge in [-0.3, -0.25) is 4.79 Å². The van der Waals surface area contributed by atoms with Gasteiger partial charge in [0, 0.05) is 12.1 Å². The van der Waals surface area contributed by atoms with Crippen LogP contribution < -0.4 is 14.8 Å². The first-order chi connectivity index (χ1) is 9.72. The Labute approximate surface area is 121 Å². The van der Waals surface area contributed by atoms with E-state index in [4.69, 9.17) is 9.47 Å². The van der Waals surface area contributed by atoms with Crippen molar-refractivity contribution in [3.8, 4) is 11.5 Å². The van der Waals surface area contributed by atoms with Crippen molar-refractivity contribution in [3.63, 3.8) is 0 Å². The first-order valence-electron chi connectivity index (χ1n) is 5.96. The van der Waals surface area contributed by atoms with Crippen LogP contribution in [0.1, 0.15) is 5.56 Å². The van der Waals surface area contributed by atoms with Gasteiger partial charge in [0.2, 0.25) is 5.91 Å². The van der Waals surface area contributed by atoms with E-state index in [0.717, 1.165) is 5.56 Å². The van der Waals surface area contributed by atoms with Gasteiger partial charge in [0.05, 0.1) is 19.9 Å². The van der Waals surface area contributed by atoms with Crippen LogP contribution in [-0.2, 0) is 4.79 Å². The number of nitrogens with one attached hydrogen (secondary N) is 1. The molecule has 0 saturated carbocycles. The lowest BCUT2D eigenvalue weighted by Gasteiger charge is -2.10. The maximum Gasteiger partial charge on any atom is 0.248 e. The van der Waals surface area contributed by atoms with Crippen LogP contribution in [0.2, 0.25) is 0 Å². The van der Waals surface area contributed by atoms with Gasteiger partial charge < -0.3 is 14.8 Å². The number of ether oxygens (including phenoxy) is 2. The molecule has 1 aromatic heterocycles. The molecule has 5 heteroatoms. The summed E-state index contributed by atoms with van der Waals surface area (Å²) in [6, 6.07) is 7.18. The van der Waals surface area contributed by atoms with Crippen molar-refractivity contribution in [2.75, 3.05) is 19.5 Å². The highest BCUT2D eigenvalue weighted by atomic mass is 32.1. The van der Waals surface area contributed by atoms with Gasteiger partial charge in [0.25, 0.3) is 0 Å². The van der Waals surface area contributed by atoms with Crippen molar-refractivity contribution in [3.05, 3.63) is 46.7 Å². The van der Waals surface area contributed by atoms with E-state index >= 15 is 0 Å². The molecule has 1 heterocycles. The topological polar surface area (TPSA) is 47.6 Å². The number of methoxy groups -OCH3 is 2. The van der Waals surface area contributed by atoms with E-state index in [1.54, 1.807) is 49.8 Å². The van der Waals surface area contributed by atoms with Gasteiger partial charge in [-0.25, -0.2) is 0 Å². The van der Waals surface area contributed by atoms with Gasteiger partial charge in [-0.1, -0.05) is 0 Å². The Bertz CT molecular complexity index is 606. The predicted octanol–water partition coefficient (Wildman–Crippen LogP) is 3.42. The van der Waals surface area contributed by atoms with Gasteiger partial charge in [-0.05, 0) is 40.6 Å². The molecule has 1 amide bonds. The summed E-state index contributed by atoms with van der Waals surface area (Å²) in [7, 11) is 3.13. The standard InChI is InChI=1S/C15H15NO3S/c1-18-12-4-5-14(19-2)13(9-12)16-15(17)6-3-11-7-8-20-10-11/h3-10H,1-2H3,(H,16,17)/b6-3+. The number of hydrogen-bond donors (Lipinski definition) is 1. The lowest BCUT2D eigenvalue weighted by Crippen LogP contribution is -2.09. The molecule has 0 radical (unpaired) electrons. The van der Waals surface area contributed by atoms with Crippen molar-refractivity contribution < 1.29 is 14.3 Å². The molecule has 104 valence electrons. The minimum absolute atomic E-state index is 0.220. The third-order valence-electron chi connectivity index (χ3n) is 2.63. The van der Waals surface area contributed by atoms with Crippen LogP contribution in [0.5, 0.6) is 11.5 Å². The lowest BCUT2D eigenvalue weighted by molar-refractivity contribution is -0.111. The van der Waals surface area contributed by atoms with Crippen LogP contribution >= 0.6 is 11.3 Å². The minimum atomic E-state index is -0.220. The van der Waals surface area contributed by atoms with E-state index in [0.29, 0.717) is 17.2 Å². The zero-order chi connectivity index (χ0) is 14.4. The highest BCUT2D eigenvalue weighted by Gasteiger charge is 2.07. The number of rotatable bonds is 5. The van der Waals surface area contributed by atoms with E-state index in [-0.39, 0.29) is 5.91 Å². The Morgan fingerprint density at radius 1 is 1.25 bits per heavy atom. The maximum absolute atomic E-state index is 11.9. The molecule has 4 nitrogen and oxygen atoms in total. The summed E-state index contributed by atoms with van der Waals surface area (Å²) in [5.74, 6) is 1.02. The van der Waals surface area contributed by atoms with Crippen LogP contribution in [0.15, 0.2) is 41.1 Å². The third-order valence-corrected chi connectivity index (χ3v) is 3.34. The smallest absolute Gasteiger partial charge is 0.248 e. The average molecular weight is 289 g/mol. The molecule has 0 fully saturated rings. The summed E-state index contributed by atoms with van der Waals surface area (Å²) in [6.07, 6.45) is 3.25. The molecule has 0 aliphatic heterocycles. The van der Waals surface area contributed by atoms with Gasteiger partial charge >= 0.3 is 0 Å². The molecule has 2 rings (SSSR count). The zero-order valence-corrected chi connectivity index (χ0v) is 12.1. The number of amides is 1. The molecule has 1 N–H and O–H groups in total. The van der Waals surface area contributed by atoms with E-state index in [2.05, 4.69) is 5.32 Å². The molecule has 2 aromatic rings. The van der Waals surface area contributed by atoms with Crippen LogP contribution in [-0.4, -0.2) is 20.1 Å². The minimum Gasteiger partial charge on any atom is -0.497 e. The molecule has 0 unspecified atom stereocenters. The van der Waals surface area contributed by atoms with Crippen molar-refractivity contribution in [2.24, 2.45) is 0 Å². The van der Waals surface area contributed by atoms with E-state index in [1.807, 2.05) is 16.8 Å². The molecule has 0 spiro atoms. The lowest BCUT2D eigenvalue weighted by atomic mass is 10.2. The quantitative estimate of drug-likeness (QED) is 0.858. The van der Waals surface area contributed by atoms with E-state index in [1.165, 1.54) is 6.08 Å². The molecule has 0 aliphatic carbocycles. The molecule has 1 aromatic carbocycles. The zero-order valence-electron chi connectivity index (χ0n) is 11.3. The second-order valence-corrected chi connectivity index (χ2v) is 4.73. The maximum atomic E-state index is 11.9. The molecular formula is C15H15NO3S. The molecule has 20 heavy (non-hydrogen) atoms. The number of anilines is 1. The number of carbonyl (C=O) groups is 1. The normalized spacial score (nSPS) is 10.5. The van der Waals surface area contributed by atoms with Crippen molar-refractivity contribution in [2.45, 2.75) is 0 Å². The Kier molecular flexibility index (Phi) is 4.79. The number of thiophene rings is 1. The van der Waals surface area contributed by atoms with Crippen LogP contribution in [0.25, 0.3) is 6.08 Å². The van der Waals surface area contributed by atoms with Crippen LogP contribution in [0.3, 0.4) is 0 Å². The third kappa shape index (κ3) is 3.61. The van der Waals surface area contributed by atoms with Crippen molar-refractivity contribution >= 4 is 29.0 Å². The van der Waals surface area contributed by atoms with E-state index in [9.17, 15) is 4.79 Å². The number of hydrogen-bond acceptors (Lipinski definition) is 4. The van der Waals surface area contributed by atoms with Gasteiger partial charge in [0.1, 0.15) is 11.5 Å². The average Bonchev–Trinajstić information content (AvgIpc) is 2.98. The first-order valence-corrected chi connectivity index (χ1v) is 6.90. The second-order valence-electron chi connectivity index (χ2n) is 3.95. The van der Waals surface area contributed by atoms with Crippen molar-refractivity contribution in [1.82, 2.24) is 0 Å².